The summed E-state index contributed by atoms with van der Waals surface area (Å²) in [7, 11) is 1.66. The SMILES string of the molecule is COC(C)COC(C)COC(C)CO.OCCc1ccccc1. The number of hydrogen-bond acceptors (Lipinski definition) is 5. The smallest absolute Gasteiger partial charge is 0.0781 e. The third-order valence-corrected chi connectivity index (χ3v) is 3.13. The Kier molecular flexibility index (Phi) is 14.0. The van der Waals surface area contributed by atoms with Gasteiger partial charge in [0.1, 0.15) is 0 Å². The van der Waals surface area contributed by atoms with Crippen molar-refractivity contribution in [2.75, 3.05) is 33.5 Å². The van der Waals surface area contributed by atoms with E-state index in [-0.39, 0.29) is 31.5 Å². The molecule has 0 bridgehead atoms. The highest BCUT2D eigenvalue weighted by Crippen LogP contribution is 1.99. The molecule has 5 heteroatoms. The molecule has 0 spiro atoms. The summed E-state index contributed by atoms with van der Waals surface area (Å²) in [6.45, 7) is 7.05. The van der Waals surface area contributed by atoms with Crippen LogP contribution in [0, 0.1) is 0 Å². The Hall–Kier alpha value is -0.980. The Balaban J connectivity index is 0.000000459. The lowest BCUT2D eigenvalue weighted by atomic mass is 10.2. The van der Waals surface area contributed by atoms with E-state index in [2.05, 4.69) is 0 Å². The molecule has 0 radical (unpaired) electrons. The molecular formula is C18H32O5. The predicted molar refractivity (Wildman–Crippen MR) is 91.6 cm³/mol. The molecule has 0 amide bonds. The summed E-state index contributed by atoms with van der Waals surface area (Å²) in [4.78, 5) is 0. The average Bonchev–Trinajstić information content (AvgIpc) is 2.59. The summed E-state index contributed by atoms with van der Waals surface area (Å²) >= 11 is 0. The summed E-state index contributed by atoms with van der Waals surface area (Å²) in [5, 5.41) is 17.2. The van der Waals surface area contributed by atoms with Gasteiger partial charge in [-0.25, -0.2) is 0 Å². The van der Waals surface area contributed by atoms with Crippen LogP contribution in [0.15, 0.2) is 30.3 Å². The monoisotopic (exact) mass is 328 g/mol. The van der Waals surface area contributed by atoms with E-state index in [1.165, 1.54) is 5.56 Å². The molecule has 1 aromatic carbocycles. The third-order valence-electron chi connectivity index (χ3n) is 3.13. The van der Waals surface area contributed by atoms with E-state index >= 15 is 0 Å². The van der Waals surface area contributed by atoms with Crippen LogP contribution in [0.2, 0.25) is 0 Å². The zero-order chi connectivity index (χ0) is 17.5. The lowest BCUT2D eigenvalue weighted by Crippen LogP contribution is -2.25. The zero-order valence-electron chi connectivity index (χ0n) is 14.8. The highest BCUT2D eigenvalue weighted by Gasteiger charge is 2.08. The standard InChI is InChI=1S/C10H22O4.C8H10O/c1-8(5-11)13-7-10(3)14-6-9(2)12-4;9-7-6-8-4-2-1-3-5-8/h8-11H,5-7H2,1-4H3;1-5,9H,6-7H2. The minimum atomic E-state index is -0.124. The van der Waals surface area contributed by atoms with Gasteiger partial charge in [0.25, 0.3) is 0 Å². The van der Waals surface area contributed by atoms with Gasteiger partial charge >= 0.3 is 0 Å². The van der Waals surface area contributed by atoms with Crippen LogP contribution in [0.25, 0.3) is 0 Å². The van der Waals surface area contributed by atoms with Gasteiger partial charge in [-0.15, -0.1) is 0 Å². The second-order valence-corrected chi connectivity index (χ2v) is 5.48. The Labute approximate surface area is 140 Å². The molecule has 1 aromatic rings. The van der Waals surface area contributed by atoms with Gasteiger partial charge in [0.05, 0.1) is 38.1 Å². The normalized spacial score (nSPS) is 14.5. The van der Waals surface area contributed by atoms with Crippen LogP contribution in [0.3, 0.4) is 0 Å². The third kappa shape index (κ3) is 13.2. The molecule has 0 saturated heterocycles. The lowest BCUT2D eigenvalue weighted by Gasteiger charge is -2.18. The molecule has 0 aliphatic heterocycles. The van der Waals surface area contributed by atoms with Crippen LogP contribution in [-0.2, 0) is 20.6 Å². The number of methoxy groups -OCH3 is 1. The first-order chi connectivity index (χ1) is 11.0. The second-order valence-electron chi connectivity index (χ2n) is 5.48. The summed E-state index contributed by atoms with van der Waals surface area (Å²) in [5.74, 6) is 0. The van der Waals surface area contributed by atoms with Crippen LogP contribution in [0.5, 0.6) is 0 Å². The molecule has 23 heavy (non-hydrogen) atoms. The van der Waals surface area contributed by atoms with Crippen LogP contribution in [0.1, 0.15) is 26.3 Å². The van der Waals surface area contributed by atoms with Gasteiger partial charge in [0.15, 0.2) is 0 Å². The van der Waals surface area contributed by atoms with Crippen LogP contribution < -0.4 is 0 Å². The predicted octanol–water partition coefficient (Wildman–Crippen LogP) is 2.05. The fourth-order valence-electron chi connectivity index (χ4n) is 1.54. The molecule has 0 aliphatic carbocycles. The van der Waals surface area contributed by atoms with Gasteiger partial charge in [-0.1, -0.05) is 30.3 Å². The Bertz CT molecular complexity index is 344. The fraction of sp³-hybridized carbons (Fsp3) is 0.667. The minimum absolute atomic E-state index is 0.0293. The topological polar surface area (TPSA) is 68.2 Å². The van der Waals surface area contributed by atoms with Crippen molar-refractivity contribution in [3.8, 4) is 0 Å². The van der Waals surface area contributed by atoms with Crippen LogP contribution in [-0.4, -0.2) is 62.1 Å². The van der Waals surface area contributed by atoms with Gasteiger partial charge in [-0.3, -0.25) is 0 Å². The Morgan fingerprint density at radius 2 is 1.43 bits per heavy atom. The number of rotatable bonds is 10. The zero-order valence-corrected chi connectivity index (χ0v) is 14.8. The van der Waals surface area contributed by atoms with E-state index in [4.69, 9.17) is 24.4 Å². The fourth-order valence-corrected chi connectivity index (χ4v) is 1.54. The molecule has 0 fully saturated rings. The van der Waals surface area contributed by atoms with Gasteiger partial charge in [0, 0.05) is 13.7 Å². The van der Waals surface area contributed by atoms with Crippen LogP contribution >= 0.6 is 0 Å². The maximum atomic E-state index is 8.72. The molecule has 0 aliphatic rings. The molecule has 0 aromatic heterocycles. The van der Waals surface area contributed by atoms with E-state index in [1.807, 2.05) is 51.1 Å². The molecular weight excluding hydrogens is 296 g/mol. The van der Waals surface area contributed by atoms with Crippen molar-refractivity contribution in [2.24, 2.45) is 0 Å². The Morgan fingerprint density at radius 1 is 0.870 bits per heavy atom. The molecule has 1 rings (SSSR count). The highest BCUT2D eigenvalue weighted by atomic mass is 16.6. The van der Waals surface area contributed by atoms with E-state index in [0.717, 1.165) is 6.42 Å². The first-order valence-corrected chi connectivity index (χ1v) is 8.05. The number of ether oxygens (including phenoxy) is 3. The second kappa shape index (κ2) is 14.6. The Morgan fingerprint density at radius 3 is 1.96 bits per heavy atom. The summed E-state index contributed by atoms with van der Waals surface area (Å²) < 4.78 is 15.8. The van der Waals surface area contributed by atoms with E-state index in [9.17, 15) is 0 Å². The first kappa shape index (κ1) is 22.0. The van der Waals surface area contributed by atoms with Gasteiger partial charge in [-0.05, 0) is 32.8 Å². The van der Waals surface area contributed by atoms with Gasteiger partial charge in [-0.2, -0.15) is 0 Å². The van der Waals surface area contributed by atoms with Crippen molar-refractivity contribution in [1.82, 2.24) is 0 Å². The van der Waals surface area contributed by atoms with Crippen molar-refractivity contribution in [3.05, 3.63) is 35.9 Å². The highest BCUT2D eigenvalue weighted by molar-refractivity contribution is 5.14. The number of aliphatic hydroxyl groups excluding tert-OH is 2. The number of benzene rings is 1. The van der Waals surface area contributed by atoms with Crippen molar-refractivity contribution in [2.45, 2.75) is 45.5 Å². The minimum Gasteiger partial charge on any atom is -0.396 e. The molecule has 5 nitrogen and oxygen atoms in total. The van der Waals surface area contributed by atoms with Crippen LogP contribution in [0.4, 0.5) is 0 Å². The van der Waals surface area contributed by atoms with E-state index in [1.54, 1.807) is 7.11 Å². The van der Waals surface area contributed by atoms with Crippen molar-refractivity contribution in [3.63, 3.8) is 0 Å². The molecule has 3 unspecified atom stereocenters. The molecule has 3 atom stereocenters. The van der Waals surface area contributed by atoms with Crippen molar-refractivity contribution < 1.29 is 24.4 Å². The summed E-state index contributed by atoms with van der Waals surface area (Å²) in [5.41, 5.74) is 1.19. The van der Waals surface area contributed by atoms with Crippen molar-refractivity contribution >= 4 is 0 Å². The van der Waals surface area contributed by atoms with E-state index in [0.29, 0.717) is 13.2 Å². The molecule has 0 heterocycles. The molecule has 2 N–H and O–H groups in total. The lowest BCUT2D eigenvalue weighted by molar-refractivity contribution is -0.0677. The number of aliphatic hydroxyl groups is 2. The summed E-state index contributed by atoms with van der Waals surface area (Å²) in [6, 6.07) is 9.95. The molecule has 0 saturated carbocycles. The van der Waals surface area contributed by atoms with E-state index < -0.39 is 0 Å². The quantitative estimate of drug-likeness (QED) is 0.688. The number of hydrogen-bond donors (Lipinski definition) is 2. The summed E-state index contributed by atoms with van der Waals surface area (Å²) in [6.07, 6.45) is 0.774. The average molecular weight is 328 g/mol. The maximum Gasteiger partial charge on any atom is 0.0781 e. The largest absolute Gasteiger partial charge is 0.396 e. The maximum absolute atomic E-state index is 8.72. The molecule has 134 valence electrons. The van der Waals surface area contributed by atoms with Gasteiger partial charge < -0.3 is 24.4 Å². The van der Waals surface area contributed by atoms with Gasteiger partial charge in [0.2, 0.25) is 0 Å². The first-order valence-electron chi connectivity index (χ1n) is 8.05. The van der Waals surface area contributed by atoms with Crippen molar-refractivity contribution in [1.29, 1.82) is 0 Å².